The maximum Gasteiger partial charge on any atom is 0.330 e. The van der Waals surface area contributed by atoms with Gasteiger partial charge in [0.05, 0.1) is 17.5 Å². The van der Waals surface area contributed by atoms with Crippen LogP contribution in [0.3, 0.4) is 0 Å². The van der Waals surface area contributed by atoms with Crippen molar-refractivity contribution < 1.29 is 17.9 Å². The lowest BCUT2D eigenvalue weighted by atomic mass is 10.1. The first-order valence-corrected chi connectivity index (χ1v) is 9.47. The number of aryl methyl sites for hydroxylation is 2. The van der Waals surface area contributed by atoms with Gasteiger partial charge in [0.2, 0.25) is 0 Å². The maximum atomic E-state index is 13.1. The summed E-state index contributed by atoms with van der Waals surface area (Å²) in [6, 6.07) is 12.2. The number of ether oxygens (including phenoxy) is 1. The Morgan fingerprint density at radius 2 is 1.77 bits per heavy atom. The van der Waals surface area contributed by atoms with Crippen molar-refractivity contribution in [2.45, 2.75) is 18.7 Å². The topological polar surface area (TPSA) is 65.4 Å². The first-order valence-electron chi connectivity index (χ1n) is 8.03. The molecule has 0 spiro atoms. The van der Waals surface area contributed by atoms with Crippen molar-refractivity contribution in [1.29, 1.82) is 0 Å². The van der Waals surface area contributed by atoms with Crippen molar-refractivity contribution in [2.24, 2.45) is 0 Å². The van der Waals surface area contributed by atoms with E-state index in [1.807, 2.05) is 26.0 Å². The van der Waals surface area contributed by atoms with Gasteiger partial charge in [0.25, 0.3) is 10.0 Å². The second-order valence-electron chi connectivity index (χ2n) is 6.06. The number of nitrogens with zero attached hydrogens (tertiary/aromatic N) is 1. The normalized spacial score (nSPS) is 12.0. The molecule has 3 rings (SSSR count). The minimum atomic E-state index is -3.71. The van der Waals surface area contributed by atoms with E-state index in [-0.39, 0.29) is 4.90 Å². The van der Waals surface area contributed by atoms with Crippen molar-refractivity contribution in [3.05, 3.63) is 71.4 Å². The molecule has 0 unspecified atom stereocenters. The summed E-state index contributed by atoms with van der Waals surface area (Å²) < 4.78 is 32.0. The Bertz CT molecular complexity index is 1110. The number of aromatic nitrogens is 1. The van der Waals surface area contributed by atoms with Gasteiger partial charge in [-0.3, -0.25) is 0 Å². The highest BCUT2D eigenvalue weighted by Gasteiger charge is 2.20. The molecule has 134 valence electrons. The molecule has 0 saturated heterocycles. The fourth-order valence-electron chi connectivity index (χ4n) is 2.74. The van der Waals surface area contributed by atoms with Crippen LogP contribution in [0.25, 0.3) is 17.0 Å². The zero-order chi connectivity index (χ0) is 18.9. The summed E-state index contributed by atoms with van der Waals surface area (Å²) in [6.45, 7) is 3.78. The average Bonchev–Trinajstić information content (AvgIpc) is 2.97. The number of rotatable bonds is 4. The summed E-state index contributed by atoms with van der Waals surface area (Å²) in [6.07, 6.45) is 4.51. The molecular formula is C20H19NO4S. The molecule has 0 aliphatic rings. The Labute approximate surface area is 152 Å². The van der Waals surface area contributed by atoms with Crippen LogP contribution in [0.1, 0.15) is 16.7 Å². The Kier molecular flexibility index (Phi) is 4.70. The lowest BCUT2D eigenvalue weighted by Crippen LogP contribution is -2.11. The number of hydrogen-bond acceptors (Lipinski definition) is 4. The molecule has 0 aliphatic carbocycles. The molecule has 0 saturated carbocycles. The monoisotopic (exact) mass is 369 g/mol. The number of esters is 1. The van der Waals surface area contributed by atoms with E-state index < -0.39 is 16.0 Å². The molecule has 0 fully saturated rings. The fraction of sp³-hybridized carbons (Fsp3) is 0.150. The van der Waals surface area contributed by atoms with Crippen molar-refractivity contribution in [2.75, 3.05) is 7.11 Å². The molecular weight excluding hydrogens is 350 g/mol. The standard InChI is InChI=1S/C20H19NO4S/c1-14-4-8-17(9-5-14)26(23,24)21-13-15(2)18-10-6-16(12-19(18)21)7-11-20(22)25-3/h4-13H,1-3H3/b11-7+. The van der Waals surface area contributed by atoms with Crippen LogP contribution in [0.15, 0.2) is 59.6 Å². The highest BCUT2D eigenvalue weighted by molar-refractivity contribution is 7.90. The summed E-state index contributed by atoms with van der Waals surface area (Å²) in [4.78, 5) is 11.5. The van der Waals surface area contributed by atoms with Crippen LogP contribution in [0.4, 0.5) is 0 Å². The lowest BCUT2D eigenvalue weighted by Gasteiger charge is -2.08. The zero-order valence-corrected chi connectivity index (χ0v) is 15.6. The number of benzene rings is 2. The molecule has 0 amide bonds. The largest absolute Gasteiger partial charge is 0.466 e. The fourth-order valence-corrected chi connectivity index (χ4v) is 4.15. The molecule has 5 nitrogen and oxygen atoms in total. The third-order valence-corrected chi connectivity index (χ3v) is 5.87. The van der Waals surface area contributed by atoms with Crippen LogP contribution in [-0.2, 0) is 19.6 Å². The Morgan fingerprint density at radius 1 is 1.08 bits per heavy atom. The van der Waals surface area contributed by atoms with E-state index in [9.17, 15) is 13.2 Å². The van der Waals surface area contributed by atoms with Gasteiger partial charge in [0, 0.05) is 17.7 Å². The summed E-state index contributed by atoms with van der Waals surface area (Å²) >= 11 is 0. The minimum absolute atomic E-state index is 0.232. The second-order valence-corrected chi connectivity index (χ2v) is 7.87. The van der Waals surface area contributed by atoms with E-state index >= 15 is 0 Å². The van der Waals surface area contributed by atoms with Crippen LogP contribution >= 0.6 is 0 Å². The molecule has 1 aromatic heterocycles. The number of methoxy groups -OCH3 is 1. The van der Waals surface area contributed by atoms with Gasteiger partial charge in [-0.1, -0.05) is 29.8 Å². The van der Waals surface area contributed by atoms with E-state index in [0.717, 1.165) is 16.5 Å². The third kappa shape index (κ3) is 3.28. The summed E-state index contributed by atoms with van der Waals surface area (Å²) in [5.74, 6) is -0.469. The first kappa shape index (κ1) is 17.9. The molecule has 26 heavy (non-hydrogen) atoms. The van der Waals surface area contributed by atoms with Crippen LogP contribution in [0.5, 0.6) is 0 Å². The van der Waals surface area contributed by atoms with Gasteiger partial charge in [-0.25, -0.2) is 17.2 Å². The number of fused-ring (bicyclic) bond motifs is 1. The van der Waals surface area contributed by atoms with Gasteiger partial charge in [-0.2, -0.15) is 0 Å². The summed E-state index contributed by atoms with van der Waals surface area (Å²) in [5, 5.41) is 0.843. The summed E-state index contributed by atoms with van der Waals surface area (Å²) in [5.41, 5.74) is 3.13. The molecule has 0 N–H and O–H groups in total. The van der Waals surface area contributed by atoms with Crippen molar-refractivity contribution in [3.8, 4) is 0 Å². The lowest BCUT2D eigenvalue weighted by molar-refractivity contribution is -0.134. The van der Waals surface area contributed by atoms with Crippen molar-refractivity contribution >= 4 is 33.0 Å². The van der Waals surface area contributed by atoms with Crippen LogP contribution in [0, 0.1) is 13.8 Å². The average molecular weight is 369 g/mol. The molecule has 0 bridgehead atoms. The number of carbonyl (C=O) groups is 1. The first-order chi connectivity index (χ1) is 12.3. The van der Waals surface area contributed by atoms with Gasteiger partial charge in [0.15, 0.2) is 0 Å². The highest BCUT2D eigenvalue weighted by atomic mass is 32.2. The quantitative estimate of drug-likeness (QED) is 0.520. The van der Waals surface area contributed by atoms with E-state index in [2.05, 4.69) is 4.74 Å². The Morgan fingerprint density at radius 3 is 2.42 bits per heavy atom. The molecule has 6 heteroatoms. The smallest absolute Gasteiger partial charge is 0.330 e. The van der Waals surface area contributed by atoms with E-state index in [1.165, 1.54) is 17.2 Å². The van der Waals surface area contributed by atoms with E-state index in [0.29, 0.717) is 11.1 Å². The predicted molar refractivity (Wildman–Crippen MR) is 101 cm³/mol. The number of hydrogen-bond donors (Lipinski definition) is 0. The predicted octanol–water partition coefficient (Wildman–Crippen LogP) is 3.68. The molecule has 1 heterocycles. The minimum Gasteiger partial charge on any atom is -0.466 e. The van der Waals surface area contributed by atoms with Crippen LogP contribution in [-0.4, -0.2) is 25.5 Å². The van der Waals surface area contributed by atoms with Crippen molar-refractivity contribution in [1.82, 2.24) is 3.97 Å². The molecule has 0 atom stereocenters. The molecule has 0 aliphatic heterocycles. The Hall–Kier alpha value is -2.86. The van der Waals surface area contributed by atoms with Gasteiger partial charge in [-0.15, -0.1) is 0 Å². The molecule has 0 radical (unpaired) electrons. The van der Waals surface area contributed by atoms with Gasteiger partial charge >= 0.3 is 5.97 Å². The van der Waals surface area contributed by atoms with Gasteiger partial charge in [-0.05, 0) is 49.2 Å². The molecule has 3 aromatic rings. The second kappa shape index (κ2) is 6.80. The van der Waals surface area contributed by atoms with Crippen LogP contribution in [0.2, 0.25) is 0 Å². The molecule has 2 aromatic carbocycles. The Balaban J connectivity index is 2.15. The SMILES string of the molecule is COC(=O)/C=C/c1ccc2c(C)cn(S(=O)(=O)c3ccc(C)cc3)c2c1. The van der Waals surface area contributed by atoms with Crippen molar-refractivity contribution in [3.63, 3.8) is 0 Å². The zero-order valence-electron chi connectivity index (χ0n) is 14.8. The van der Waals surface area contributed by atoms with E-state index in [1.54, 1.807) is 42.6 Å². The maximum absolute atomic E-state index is 13.1. The van der Waals surface area contributed by atoms with Crippen LogP contribution < -0.4 is 0 Å². The third-order valence-electron chi connectivity index (χ3n) is 4.19. The highest BCUT2D eigenvalue weighted by Crippen LogP contribution is 2.27. The number of carbonyl (C=O) groups excluding carboxylic acids is 1. The van der Waals surface area contributed by atoms with E-state index in [4.69, 9.17) is 0 Å². The van der Waals surface area contributed by atoms with Gasteiger partial charge < -0.3 is 4.74 Å². The summed E-state index contributed by atoms with van der Waals surface area (Å²) in [7, 11) is -2.41. The van der Waals surface area contributed by atoms with Gasteiger partial charge in [0.1, 0.15) is 0 Å².